The first-order chi connectivity index (χ1) is 19.3. The molecule has 0 radical (unpaired) electrons. The average Bonchev–Trinajstić information content (AvgIpc) is 3.47. The number of esters is 1. The topological polar surface area (TPSA) is 115 Å². The molecule has 1 fully saturated rings. The molecule has 9 nitrogen and oxygen atoms in total. The van der Waals surface area contributed by atoms with Gasteiger partial charge >= 0.3 is 11.9 Å². The number of aliphatic hydroxyl groups excluding tert-OH is 1. The second-order valence-electron chi connectivity index (χ2n) is 8.85. The van der Waals surface area contributed by atoms with Crippen molar-refractivity contribution in [3.05, 3.63) is 88.5 Å². The number of ether oxygens (including phenoxy) is 3. The zero-order chi connectivity index (χ0) is 28.8. The first-order valence-corrected chi connectivity index (χ1v) is 13.6. The lowest BCUT2D eigenvalue weighted by atomic mass is 9.95. The normalized spacial score (nSPS) is 16.2. The number of aryl methyl sites for hydroxylation is 1. The fourth-order valence-corrected chi connectivity index (χ4v) is 5.21. The quantitative estimate of drug-likeness (QED) is 0.105. The first kappa shape index (κ1) is 28.6. The maximum Gasteiger partial charge on any atom is 0.350 e. The van der Waals surface area contributed by atoms with Crippen LogP contribution in [-0.4, -0.2) is 47.6 Å². The van der Waals surface area contributed by atoms with Crippen LogP contribution < -0.4 is 14.4 Å². The Bertz CT molecular complexity index is 1460. The Balaban J connectivity index is 1.86. The fraction of sp³-hybridized carbons (Fsp3) is 0.267. The van der Waals surface area contributed by atoms with Gasteiger partial charge in [-0.2, -0.15) is 0 Å². The number of hydrogen-bond donors (Lipinski definition) is 1. The van der Waals surface area contributed by atoms with E-state index >= 15 is 0 Å². The van der Waals surface area contributed by atoms with E-state index < -0.39 is 23.7 Å². The molecule has 2 heterocycles. The van der Waals surface area contributed by atoms with E-state index in [1.165, 1.54) is 4.90 Å². The number of hydrogen-bond acceptors (Lipinski definition) is 9. The zero-order valence-corrected chi connectivity index (χ0v) is 23.3. The molecule has 2 aromatic carbocycles. The third-order valence-corrected chi connectivity index (χ3v) is 7.18. The van der Waals surface area contributed by atoms with Crippen LogP contribution in [0.15, 0.2) is 66.8 Å². The molecular formula is C30H30N2O7S. The predicted octanol–water partition coefficient (Wildman–Crippen LogP) is 5.61. The van der Waals surface area contributed by atoms with Gasteiger partial charge in [0.25, 0.3) is 5.78 Å². The predicted molar refractivity (Wildman–Crippen MR) is 152 cm³/mol. The van der Waals surface area contributed by atoms with Crippen LogP contribution in [-0.2, 0) is 14.3 Å². The summed E-state index contributed by atoms with van der Waals surface area (Å²) in [4.78, 5) is 45.3. The summed E-state index contributed by atoms with van der Waals surface area (Å²) in [5, 5.41) is 11.6. The van der Waals surface area contributed by atoms with Gasteiger partial charge in [-0.05, 0) is 50.1 Å². The van der Waals surface area contributed by atoms with Gasteiger partial charge < -0.3 is 19.3 Å². The Morgan fingerprint density at radius 3 is 2.55 bits per heavy atom. The molecule has 208 valence electrons. The lowest BCUT2D eigenvalue weighted by Gasteiger charge is -2.23. The first-order valence-electron chi connectivity index (χ1n) is 12.8. The molecule has 1 aromatic heterocycles. The van der Waals surface area contributed by atoms with E-state index in [1.54, 1.807) is 68.5 Å². The smallest absolute Gasteiger partial charge is 0.350 e. The molecule has 0 saturated carbocycles. The number of carbonyl (C=O) groups excluding carboxylic acids is 3. The zero-order valence-electron chi connectivity index (χ0n) is 22.5. The molecule has 0 bridgehead atoms. The number of nitrogens with zero attached hydrogens (tertiary/aromatic N) is 2. The molecule has 40 heavy (non-hydrogen) atoms. The number of aliphatic hydroxyl groups is 1. The summed E-state index contributed by atoms with van der Waals surface area (Å²) in [5.41, 5.74) is 1.12. The number of anilines is 1. The Kier molecular flexibility index (Phi) is 9.00. The minimum Gasteiger partial charge on any atom is -0.507 e. The Morgan fingerprint density at radius 2 is 1.88 bits per heavy atom. The second-order valence-corrected chi connectivity index (χ2v) is 9.82. The third kappa shape index (κ3) is 5.76. The minimum atomic E-state index is -1.02. The van der Waals surface area contributed by atoms with E-state index in [1.807, 2.05) is 6.92 Å². The maximum absolute atomic E-state index is 13.5. The number of ketones is 1. The Morgan fingerprint density at radius 1 is 1.12 bits per heavy atom. The summed E-state index contributed by atoms with van der Waals surface area (Å²) in [6.45, 7) is 9.92. The molecular weight excluding hydrogens is 532 g/mol. The molecule has 0 spiro atoms. The van der Waals surface area contributed by atoms with Crippen LogP contribution in [0.3, 0.4) is 0 Å². The Labute approximate surface area is 236 Å². The summed E-state index contributed by atoms with van der Waals surface area (Å²) in [6.07, 6.45) is 2.42. The van der Waals surface area contributed by atoms with E-state index in [4.69, 9.17) is 14.2 Å². The van der Waals surface area contributed by atoms with Crippen molar-refractivity contribution < 1.29 is 33.7 Å². The second kappa shape index (κ2) is 12.6. The van der Waals surface area contributed by atoms with Crippen molar-refractivity contribution >= 4 is 39.9 Å². The molecule has 1 aliphatic heterocycles. The van der Waals surface area contributed by atoms with Crippen LogP contribution in [0, 0.1) is 6.92 Å². The van der Waals surface area contributed by atoms with Crippen LogP contribution in [0.5, 0.6) is 11.5 Å². The molecule has 1 atom stereocenters. The highest BCUT2D eigenvalue weighted by atomic mass is 32.1. The number of benzene rings is 2. The minimum absolute atomic E-state index is 0.108. The molecule has 1 N–H and O–H groups in total. The lowest BCUT2D eigenvalue weighted by molar-refractivity contribution is -0.132. The monoisotopic (exact) mass is 562 g/mol. The van der Waals surface area contributed by atoms with Gasteiger partial charge in [-0.1, -0.05) is 55.2 Å². The summed E-state index contributed by atoms with van der Waals surface area (Å²) in [5.74, 6) is -1.57. The van der Waals surface area contributed by atoms with Crippen molar-refractivity contribution in [2.24, 2.45) is 0 Å². The van der Waals surface area contributed by atoms with Gasteiger partial charge in [0, 0.05) is 5.56 Å². The van der Waals surface area contributed by atoms with Crippen molar-refractivity contribution in [2.75, 3.05) is 24.7 Å². The largest absolute Gasteiger partial charge is 0.507 e. The number of Topliss-reactive ketones (excluding diaryl/α,β-unsaturated/α-hetero) is 1. The van der Waals surface area contributed by atoms with Crippen molar-refractivity contribution in [1.29, 1.82) is 0 Å². The Hall–Kier alpha value is -4.44. The number of rotatable bonds is 11. The van der Waals surface area contributed by atoms with Crippen LogP contribution in [0.1, 0.15) is 52.8 Å². The van der Waals surface area contributed by atoms with Gasteiger partial charge in [0.05, 0.1) is 30.5 Å². The highest BCUT2D eigenvalue weighted by Gasteiger charge is 2.48. The molecule has 0 aliphatic carbocycles. The molecule has 10 heteroatoms. The van der Waals surface area contributed by atoms with Crippen molar-refractivity contribution in [3.63, 3.8) is 0 Å². The van der Waals surface area contributed by atoms with Gasteiger partial charge in [0.15, 0.2) is 5.13 Å². The van der Waals surface area contributed by atoms with Crippen LogP contribution in [0.4, 0.5) is 5.13 Å². The third-order valence-electron chi connectivity index (χ3n) is 6.04. The summed E-state index contributed by atoms with van der Waals surface area (Å²) >= 11 is 0.952. The molecule has 4 rings (SSSR count). The average molecular weight is 563 g/mol. The van der Waals surface area contributed by atoms with E-state index in [0.29, 0.717) is 41.5 Å². The molecule has 1 amide bonds. The van der Waals surface area contributed by atoms with Crippen LogP contribution in [0.25, 0.3) is 5.76 Å². The van der Waals surface area contributed by atoms with Gasteiger partial charge in [0.1, 0.15) is 28.7 Å². The maximum atomic E-state index is 13.5. The van der Waals surface area contributed by atoms with E-state index in [9.17, 15) is 19.5 Å². The number of thiazole rings is 1. The van der Waals surface area contributed by atoms with Crippen LogP contribution in [0.2, 0.25) is 0 Å². The van der Waals surface area contributed by atoms with Crippen molar-refractivity contribution in [3.8, 4) is 11.5 Å². The van der Waals surface area contributed by atoms with Gasteiger partial charge in [0.2, 0.25) is 0 Å². The summed E-state index contributed by atoms with van der Waals surface area (Å²) < 4.78 is 16.4. The highest BCUT2D eigenvalue weighted by molar-refractivity contribution is 7.17. The van der Waals surface area contributed by atoms with Crippen molar-refractivity contribution in [2.45, 2.75) is 33.2 Å². The number of aromatic nitrogens is 1. The highest BCUT2D eigenvalue weighted by Crippen LogP contribution is 2.44. The molecule has 1 unspecified atom stereocenters. The van der Waals surface area contributed by atoms with E-state index in [-0.39, 0.29) is 27.9 Å². The SMILES string of the molecule is C=CCOc1ccc(C2/C(=C(\O)c3cccc(OCCC)c3)C(=O)C(=O)N2c2nc(C)c(C(=O)OCC)s2)cc1. The lowest BCUT2D eigenvalue weighted by Crippen LogP contribution is -2.29. The fourth-order valence-electron chi connectivity index (χ4n) is 4.23. The number of amides is 1. The van der Waals surface area contributed by atoms with Gasteiger partial charge in [-0.15, -0.1) is 0 Å². The van der Waals surface area contributed by atoms with E-state index in [2.05, 4.69) is 11.6 Å². The summed E-state index contributed by atoms with van der Waals surface area (Å²) in [7, 11) is 0. The van der Waals surface area contributed by atoms with Gasteiger partial charge in [-0.3, -0.25) is 14.5 Å². The van der Waals surface area contributed by atoms with Crippen molar-refractivity contribution in [1.82, 2.24) is 4.98 Å². The number of carbonyl (C=O) groups is 3. The standard InChI is InChI=1S/C30H30N2O7S/c1-5-15-38-21-13-11-19(12-14-21)24-23(25(33)20-9-8-10-22(17-20)39-16-6-2)26(34)28(35)32(24)30-31-18(4)27(40-30)29(36)37-7-3/h5,8-14,17,24,33H,1,6-7,15-16H2,2-4H3/b25-23+. The molecule has 1 saturated heterocycles. The van der Waals surface area contributed by atoms with Crippen LogP contribution >= 0.6 is 11.3 Å². The summed E-state index contributed by atoms with van der Waals surface area (Å²) in [6, 6.07) is 12.5. The molecule has 3 aromatic rings. The van der Waals surface area contributed by atoms with Gasteiger partial charge in [-0.25, -0.2) is 9.78 Å². The van der Waals surface area contributed by atoms with E-state index in [0.717, 1.165) is 17.8 Å². The molecule has 1 aliphatic rings.